The number of rotatable bonds is 1. The lowest BCUT2D eigenvalue weighted by molar-refractivity contribution is 0.925. The quantitative estimate of drug-likeness (QED) is 0.613. The Kier molecular flexibility index (Phi) is 2.33. The molecule has 0 spiro atoms. The van der Waals surface area contributed by atoms with Crippen LogP contribution in [0.1, 0.15) is 0 Å². The summed E-state index contributed by atoms with van der Waals surface area (Å²) in [5.41, 5.74) is 0.286. The van der Waals surface area contributed by atoms with E-state index in [4.69, 9.17) is 0 Å². The maximum atomic E-state index is 12.3. The minimum Gasteiger partial charge on any atom is -0.285 e. The number of thioether (sulfide) groups is 1. The molecule has 5 heteroatoms. The van der Waals surface area contributed by atoms with Gasteiger partial charge >= 0.3 is 0 Å². The van der Waals surface area contributed by atoms with Gasteiger partial charge in [-0.05, 0) is 17.7 Å². The predicted molar refractivity (Wildman–Crippen MR) is 68.5 cm³/mol. The van der Waals surface area contributed by atoms with Crippen LogP contribution in [0.25, 0.3) is 16.4 Å². The average molecular weight is 243 g/mol. The molecule has 4 nitrogen and oxygen atoms in total. The molecular weight excluding hydrogens is 234 g/mol. The number of hydrogen-bond acceptors (Lipinski definition) is 4. The molecule has 3 rings (SSSR count). The fraction of sp³-hybridized carbons (Fsp3) is 0.0833. The molecule has 17 heavy (non-hydrogen) atoms. The lowest BCUT2D eigenvalue weighted by Gasteiger charge is -1.88. The van der Waals surface area contributed by atoms with Crippen molar-refractivity contribution in [2.45, 2.75) is 5.16 Å². The van der Waals surface area contributed by atoms with Gasteiger partial charge in [0.2, 0.25) is 11.1 Å². The van der Waals surface area contributed by atoms with Crippen LogP contribution in [0.5, 0.6) is 0 Å². The maximum absolute atomic E-state index is 12.3. The third-order valence-corrected chi connectivity index (χ3v) is 3.30. The second kappa shape index (κ2) is 3.85. The molecule has 3 aromatic rings. The summed E-state index contributed by atoms with van der Waals surface area (Å²) in [6.45, 7) is 0. The van der Waals surface area contributed by atoms with E-state index in [2.05, 4.69) is 10.2 Å². The summed E-state index contributed by atoms with van der Waals surface area (Å²) < 4.78 is 1.73. The molecule has 84 valence electrons. The molecule has 0 unspecified atom stereocenters. The zero-order chi connectivity index (χ0) is 11.8. The van der Waals surface area contributed by atoms with Crippen molar-refractivity contribution >= 4 is 28.2 Å². The van der Waals surface area contributed by atoms with E-state index in [1.54, 1.807) is 4.40 Å². The first-order chi connectivity index (χ1) is 8.31. The highest BCUT2D eigenvalue weighted by Crippen LogP contribution is 2.14. The standard InChI is InChI=1S/C12H9N3OS/c1-17-12-14-13-11-10(16)9-5-3-2-4-8(9)6-7-15(11)12/h2-7H,1H3. The Balaban J connectivity index is 2.59. The Morgan fingerprint density at radius 3 is 2.82 bits per heavy atom. The molecule has 2 aromatic heterocycles. The largest absolute Gasteiger partial charge is 0.285 e. The summed E-state index contributed by atoms with van der Waals surface area (Å²) in [5, 5.41) is 10.2. The van der Waals surface area contributed by atoms with Gasteiger partial charge in [-0.15, -0.1) is 10.2 Å². The van der Waals surface area contributed by atoms with E-state index in [1.165, 1.54) is 11.8 Å². The Bertz CT molecular complexity index is 766. The Morgan fingerprint density at radius 1 is 1.18 bits per heavy atom. The monoisotopic (exact) mass is 243 g/mol. The summed E-state index contributed by atoms with van der Waals surface area (Å²) in [5.74, 6) is 0. The molecule has 0 bridgehead atoms. The van der Waals surface area contributed by atoms with Gasteiger partial charge in [-0.1, -0.05) is 36.0 Å². The first-order valence-corrected chi connectivity index (χ1v) is 6.34. The highest BCUT2D eigenvalue weighted by molar-refractivity contribution is 7.98. The minimum atomic E-state index is -0.0848. The summed E-state index contributed by atoms with van der Waals surface area (Å²) in [6, 6.07) is 9.41. The highest BCUT2D eigenvalue weighted by Gasteiger charge is 2.07. The van der Waals surface area contributed by atoms with E-state index in [0.29, 0.717) is 11.0 Å². The second-order valence-corrected chi connectivity index (χ2v) is 4.39. The molecule has 1 aromatic carbocycles. The lowest BCUT2D eigenvalue weighted by Crippen LogP contribution is -2.01. The topological polar surface area (TPSA) is 47.3 Å². The Morgan fingerprint density at radius 2 is 2.00 bits per heavy atom. The summed E-state index contributed by atoms with van der Waals surface area (Å²) in [6.07, 6.45) is 3.75. The third kappa shape index (κ3) is 1.51. The maximum Gasteiger partial charge on any atom is 0.231 e. The zero-order valence-corrected chi connectivity index (χ0v) is 9.94. The summed E-state index contributed by atoms with van der Waals surface area (Å²) >= 11 is 1.47. The summed E-state index contributed by atoms with van der Waals surface area (Å²) in [7, 11) is 0. The van der Waals surface area contributed by atoms with Crippen LogP contribution in [0, 0.1) is 0 Å². The number of nitrogens with zero attached hydrogens (tertiary/aromatic N) is 3. The molecule has 0 saturated heterocycles. The first-order valence-electron chi connectivity index (χ1n) is 5.12. The molecule has 0 N–H and O–H groups in total. The molecule has 0 amide bonds. The van der Waals surface area contributed by atoms with E-state index in [1.807, 2.05) is 42.8 Å². The molecule has 2 heterocycles. The SMILES string of the molecule is CSc1nnc2c(=O)c3ccccc3ccn12. The van der Waals surface area contributed by atoms with Gasteiger partial charge in [-0.2, -0.15) is 0 Å². The van der Waals surface area contributed by atoms with Gasteiger partial charge in [0.1, 0.15) is 0 Å². The molecular formula is C12H9N3OS. The zero-order valence-electron chi connectivity index (χ0n) is 9.12. The Hall–Kier alpha value is -1.88. The van der Waals surface area contributed by atoms with Crippen LogP contribution < -0.4 is 5.43 Å². The van der Waals surface area contributed by atoms with E-state index in [-0.39, 0.29) is 5.43 Å². The molecule has 0 aliphatic heterocycles. The van der Waals surface area contributed by atoms with E-state index >= 15 is 0 Å². The molecule has 0 atom stereocenters. The summed E-state index contributed by atoms with van der Waals surface area (Å²) in [4.78, 5) is 12.3. The molecule has 0 aliphatic carbocycles. The van der Waals surface area contributed by atoms with Gasteiger partial charge in [0.15, 0.2) is 5.16 Å². The average Bonchev–Trinajstić information content (AvgIpc) is 2.73. The van der Waals surface area contributed by atoms with Crippen molar-refractivity contribution in [1.29, 1.82) is 0 Å². The lowest BCUT2D eigenvalue weighted by atomic mass is 10.2. The van der Waals surface area contributed by atoms with E-state index in [0.717, 1.165) is 10.5 Å². The minimum absolute atomic E-state index is 0.0848. The van der Waals surface area contributed by atoms with Gasteiger partial charge in [-0.3, -0.25) is 9.20 Å². The van der Waals surface area contributed by atoms with E-state index in [9.17, 15) is 4.79 Å². The van der Waals surface area contributed by atoms with Crippen LogP contribution >= 0.6 is 11.8 Å². The molecule has 0 saturated carbocycles. The van der Waals surface area contributed by atoms with E-state index < -0.39 is 0 Å². The van der Waals surface area contributed by atoms with Crippen LogP contribution in [0.15, 0.2) is 46.5 Å². The van der Waals surface area contributed by atoms with Crippen LogP contribution in [0.3, 0.4) is 0 Å². The molecule has 0 aliphatic rings. The van der Waals surface area contributed by atoms with Gasteiger partial charge in [0.05, 0.1) is 0 Å². The fourth-order valence-electron chi connectivity index (χ4n) is 1.83. The Labute approximate surface area is 101 Å². The van der Waals surface area contributed by atoms with Gasteiger partial charge in [0, 0.05) is 11.6 Å². The van der Waals surface area contributed by atoms with Crippen molar-refractivity contribution in [3.63, 3.8) is 0 Å². The van der Waals surface area contributed by atoms with Gasteiger partial charge in [0.25, 0.3) is 0 Å². The van der Waals surface area contributed by atoms with Crippen LogP contribution in [-0.2, 0) is 0 Å². The number of aromatic nitrogens is 3. The third-order valence-electron chi connectivity index (χ3n) is 2.66. The van der Waals surface area contributed by atoms with Gasteiger partial charge < -0.3 is 0 Å². The first kappa shape index (κ1) is 10.3. The van der Waals surface area contributed by atoms with Crippen LogP contribution in [0.2, 0.25) is 0 Å². The number of hydrogen-bond donors (Lipinski definition) is 0. The van der Waals surface area contributed by atoms with Crippen molar-refractivity contribution < 1.29 is 0 Å². The number of fused-ring (bicyclic) bond motifs is 2. The molecule has 0 radical (unpaired) electrons. The highest BCUT2D eigenvalue weighted by atomic mass is 32.2. The van der Waals surface area contributed by atoms with Crippen molar-refractivity contribution in [2.75, 3.05) is 6.26 Å². The smallest absolute Gasteiger partial charge is 0.231 e. The van der Waals surface area contributed by atoms with Gasteiger partial charge in [-0.25, -0.2) is 0 Å². The number of benzene rings is 1. The second-order valence-electron chi connectivity index (χ2n) is 3.61. The van der Waals surface area contributed by atoms with Crippen LogP contribution in [0.4, 0.5) is 0 Å². The predicted octanol–water partition coefficient (Wildman–Crippen LogP) is 1.96. The van der Waals surface area contributed by atoms with Crippen molar-refractivity contribution in [2.24, 2.45) is 0 Å². The van der Waals surface area contributed by atoms with Crippen molar-refractivity contribution in [1.82, 2.24) is 14.6 Å². The van der Waals surface area contributed by atoms with Crippen molar-refractivity contribution in [3.05, 3.63) is 46.8 Å². The fourth-order valence-corrected chi connectivity index (χ4v) is 2.30. The molecule has 0 fully saturated rings. The van der Waals surface area contributed by atoms with Crippen molar-refractivity contribution in [3.8, 4) is 0 Å². The normalized spacial score (nSPS) is 11.1. The van der Waals surface area contributed by atoms with Crippen LogP contribution in [-0.4, -0.2) is 20.9 Å².